The van der Waals surface area contributed by atoms with E-state index in [1.165, 1.54) is 11.8 Å². The normalized spacial score (nSPS) is 15.4. The van der Waals surface area contributed by atoms with Gasteiger partial charge in [0.15, 0.2) is 16.7 Å². The molecule has 2 aromatic rings. The first-order chi connectivity index (χ1) is 13.1. The fourth-order valence-corrected chi connectivity index (χ4v) is 3.64. The van der Waals surface area contributed by atoms with E-state index in [4.69, 9.17) is 21.1 Å². The number of halogens is 2. The lowest BCUT2D eigenvalue weighted by atomic mass is 10.2. The maximum Gasteiger partial charge on any atom is 0.236 e. The van der Waals surface area contributed by atoms with E-state index in [2.05, 4.69) is 31.4 Å². The third-order valence-corrected chi connectivity index (χ3v) is 5.34. The molecular formula is C18H15BrClN3O3S. The SMILES string of the molecule is COc1cc(/C=N/N=C2/NC(=O)CS2)cc(Br)c1OCc1ccccc1Cl. The summed E-state index contributed by atoms with van der Waals surface area (Å²) in [6.07, 6.45) is 1.57. The summed E-state index contributed by atoms with van der Waals surface area (Å²) in [7, 11) is 1.57. The topological polar surface area (TPSA) is 72.3 Å². The van der Waals surface area contributed by atoms with Crippen LogP contribution in [-0.2, 0) is 11.4 Å². The minimum absolute atomic E-state index is 0.0709. The summed E-state index contributed by atoms with van der Waals surface area (Å²) in [6.45, 7) is 0.312. The molecule has 0 aromatic heterocycles. The molecule has 1 N–H and O–H groups in total. The van der Waals surface area contributed by atoms with Gasteiger partial charge in [-0.25, -0.2) is 0 Å². The Hall–Kier alpha value is -2.03. The molecular weight excluding hydrogens is 454 g/mol. The average molecular weight is 469 g/mol. The smallest absolute Gasteiger partial charge is 0.236 e. The Morgan fingerprint density at radius 2 is 2.19 bits per heavy atom. The second-order valence-corrected chi connectivity index (χ2v) is 7.63. The summed E-state index contributed by atoms with van der Waals surface area (Å²) in [4.78, 5) is 11.1. The third kappa shape index (κ3) is 5.24. The van der Waals surface area contributed by atoms with Gasteiger partial charge in [-0.3, -0.25) is 4.79 Å². The maximum absolute atomic E-state index is 11.1. The van der Waals surface area contributed by atoms with Crippen molar-refractivity contribution >= 4 is 56.6 Å². The Labute approximate surface area is 174 Å². The second kappa shape index (κ2) is 9.25. The minimum atomic E-state index is -0.0709. The van der Waals surface area contributed by atoms with Crippen molar-refractivity contribution in [2.24, 2.45) is 10.2 Å². The van der Waals surface area contributed by atoms with Gasteiger partial charge in [0, 0.05) is 10.6 Å². The van der Waals surface area contributed by atoms with Crippen molar-refractivity contribution in [2.45, 2.75) is 6.61 Å². The van der Waals surface area contributed by atoms with Gasteiger partial charge in [0.25, 0.3) is 0 Å². The first-order valence-electron chi connectivity index (χ1n) is 7.84. The zero-order valence-corrected chi connectivity index (χ0v) is 17.4. The maximum atomic E-state index is 11.1. The van der Waals surface area contributed by atoms with Crippen LogP contribution in [0.25, 0.3) is 0 Å². The Kier molecular flexibility index (Phi) is 6.76. The van der Waals surface area contributed by atoms with E-state index < -0.39 is 0 Å². The van der Waals surface area contributed by atoms with Crippen molar-refractivity contribution in [1.29, 1.82) is 0 Å². The molecule has 3 rings (SSSR count). The van der Waals surface area contributed by atoms with Crippen molar-refractivity contribution in [1.82, 2.24) is 5.32 Å². The summed E-state index contributed by atoms with van der Waals surface area (Å²) < 4.78 is 12.0. The number of methoxy groups -OCH3 is 1. The molecule has 1 saturated heterocycles. The highest BCUT2D eigenvalue weighted by molar-refractivity contribution is 9.10. The van der Waals surface area contributed by atoms with Crippen molar-refractivity contribution in [3.63, 3.8) is 0 Å². The Morgan fingerprint density at radius 3 is 2.89 bits per heavy atom. The molecule has 27 heavy (non-hydrogen) atoms. The summed E-state index contributed by atoms with van der Waals surface area (Å²) in [5, 5.41) is 11.7. The number of amides is 1. The van der Waals surface area contributed by atoms with Crippen LogP contribution in [-0.4, -0.2) is 30.2 Å². The Morgan fingerprint density at radius 1 is 1.37 bits per heavy atom. The number of thioether (sulfide) groups is 1. The lowest BCUT2D eigenvalue weighted by Crippen LogP contribution is -2.19. The summed E-state index contributed by atoms with van der Waals surface area (Å²) >= 11 is 11.0. The van der Waals surface area contributed by atoms with Crippen LogP contribution in [0.1, 0.15) is 11.1 Å². The van der Waals surface area contributed by atoms with Crippen molar-refractivity contribution in [2.75, 3.05) is 12.9 Å². The van der Waals surface area contributed by atoms with E-state index in [0.717, 1.165) is 11.1 Å². The predicted octanol–water partition coefficient (Wildman–Crippen LogP) is 4.24. The largest absolute Gasteiger partial charge is 0.493 e. The molecule has 0 atom stereocenters. The summed E-state index contributed by atoms with van der Waals surface area (Å²) in [5.74, 6) is 1.41. The second-order valence-electron chi connectivity index (χ2n) is 5.40. The van der Waals surface area contributed by atoms with Crippen LogP contribution < -0.4 is 14.8 Å². The van der Waals surface area contributed by atoms with Crippen LogP contribution in [0.15, 0.2) is 51.1 Å². The Bertz CT molecular complexity index is 921. The molecule has 0 radical (unpaired) electrons. The van der Waals surface area contributed by atoms with Crippen molar-refractivity contribution in [3.05, 3.63) is 57.0 Å². The molecule has 1 amide bonds. The highest BCUT2D eigenvalue weighted by Gasteiger charge is 2.16. The molecule has 0 aliphatic carbocycles. The first kappa shape index (κ1) is 19.7. The molecule has 1 heterocycles. The predicted molar refractivity (Wildman–Crippen MR) is 112 cm³/mol. The van der Waals surface area contributed by atoms with Crippen LogP contribution in [0.4, 0.5) is 0 Å². The van der Waals surface area contributed by atoms with Crippen LogP contribution in [0.3, 0.4) is 0 Å². The van der Waals surface area contributed by atoms with Gasteiger partial charge in [-0.2, -0.15) is 5.10 Å². The molecule has 0 bridgehead atoms. The number of ether oxygens (including phenoxy) is 2. The molecule has 9 heteroatoms. The number of carbonyl (C=O) groups excluding carboxylic acids is 1. The quantitative estimate of drug-likeness (QED) is 0.508. The fourth-order valence-electron chi connectivity index (χ4n) is 2.25. The number of hydrogen-bond acceptors (Lipinski definition) is 6. The molecule has 140 valence electrons. The number of carbonyl (C=O) groups is 1. The lowest BCUT2D eigenvalue weighted by molar-refractivity contribution is -0.116. The minimum Gasteiger partial charge on any atom is -0.493 e. The van der Waals surface area contributed by atoms with E-state index in [-0.39, 0.29) is 5.91 Å². The van der Waals surface area contributed by atoms with Gasteiger partial charge >= 0.3 is 0 Å². The lowest BCUT2D eigenvalue weighted by Gasteiger charge is -2.14. The number of rotatable bonds is 6. The summed E-state index contributed by atoms with van der Waals surface area (Å²) in [6, 6.07) is 11.1. The molecule has 1 aliphatic heterocycles. The molecule has 6 nitrogen and oxygen atoms in total. The van der Waals surface area contributed by atoms with E-state index in [1.807, 2.05) is 30.3 Å². The number of hydrogen-bond donors (Lipinski definition) is 1. The van der Waals surface area contributed by atoms with Gasteiger partial charge in [-0.1, -0.05) is 41.6 Å². The standard InChI is InChI=1S/C18H15BrClN3O3S/c1-25-15-7-11(8-21-23-18-22-16(24)10-27-18)6-13(19)17(15)26-9-12-4-2-3-5-14(12)20/h2-8H,9-10H2,1H3,(H,22,23,24)/b21-8+. The number of amidine groups is 1. The van der Waals surface area contributed by atoms with Gasteiger partial charge in [-0.15, -0.1) is 5.10 Å². The van der Waals surface area contributed by atoms with E-state index in [9.17, 15) is 4.79 Å². The van der Waals surface area contributed by atoms with Gasteiger partial charge in [0.2, 0.25) is 5.91 Å². The van der Waals surface area contributed by atoms with Crippen LogP contribution >= 0.6 is 39.3 Å². The number of nitrogens with zero attached hydrogens (tertiary/aromatic N) is 2. The Balaban J connectivity index is 1.75. The molecule has 0 saturated carbocycles. The van der Waals surface area contributed by atoms with E-state index >= 15 is 0 Å². The molecule has 0 unspecified atom stereocenters. The molecule has 0 spiro atoms. The zero-order valence-electron chi connectivity index (χ0n) is 14.2. The van der Waals surface area contributed by atoms with Crippen LogP contribution in [0, 0.1) is 0 Å². The van der Waals surface area contributed by atoms with Crippen molar-refractivity contribution < 1.29 is 14.3 Å². The average Bonchev–Trinajstić information content (AvgIpc) is 3.07. The summed E-state index contributed by atoms with van der Waals surface area (Å²) in [5.41, 5.74) is 1.65. The number of benzene rings is 2. The third-order valence-electron chi connectivity index (χ3n) is 3.52. The molecule has 1 fully saturated rings. The number of nitrogens with one attached hydrogen (secondary N) is 1. The van der Waals surface area contributed by atoms with Gasteiger partial charge in [0.1, 0.15) is 6.61 Å². The van der Waals surface area contributed by atoms with Crippen molar-refractivity contribution in [3.8, 4) is 11.5 Å². The zero-order chi connectivity index (χ0) is 19.2. The van der Waals surface area contributed by atoms with Crippen LogP contribution in [0.5, 0.6) is 11.5 Å². The van der Waals surface area contributed by atoms with Gasteiger partial charge < -0.3 is 14.8 Å². The van der Waals surface area contributed by atoms with Gasteiger partial charge in [0.05, 0.1) is 23.5 Å². The molecule has 1 aliphatic rings. The monoisotopic (exact) mass is 467 g/mol. The van der Waals surface area contributed by atoms with Gasteiger partial charge in [-0.05, 0) is 39.7 Å². The highest BCUT2D eigenvalue weighted by Crippen LogP contribution is 2.37. The van der Waals surface area contributed by atoms with Crippen LogP contribution in [0.2, 0.25) is 5.02 Å². The first-order valence-corrected chi connectivity index (χ1v) is 10.00. The van der Waals surface area contributed by atoms with E-state index in [0.29, 0.717) is 38.5 Å². The molecule has 2 aromatic carbocycles. The van der Waals surface area contributed by atoms with E-state index in [1.54, 1.807) is 19.4 Å². The highest BCUT2D eigenvalue weighted by atomic mass is 79.9. The fraction of sp³-hybridized carbons (Fsp3) is 0.167.